The maximum atomic E-state index is 12.4. The monoisotopic (exact) mass is 437 g/mol. The number of aryl methyl sites for hydroxylation is 1. The minimum Gasteiger partial charge on any atom is -0.484 e. The average molecular weight is 438 g/mol. The first-order chi connectivity index (χ1) is 15.2. The van der Waals surface area contributed by atoms with Gasteiger partial charge >= 0.3 is 0 Å². The molecule has 0 bridgehead atoms. The van der Waals surface area contributed by atoms with Crippen molar-refractivity contribution in [2.75, 3.05) is 29.9 Å². The van der Waals surface area contributed by atoms with E-state index in [9.17, 15) is 14.4 Å². The van der Waals surface area contributed by atoms with Crippen LogP contribution in [0.2, 0.25) is 0 Å². The van der Waals surface area contributed by atoms with Gasteiger partial charge < -0.3 is 20.3 Å². The fourth-order valence-electron chi connectivity index (χ4n) is 3.53. The van der Waals surface area contributed by atoms with Crippen molar-refractivity contribution in [3.8, 4) is 5.75 Å². The van der Waals surface area contributed by atoms with Gasteiger partial charge in [-0.15, -0.1) is 0 Å². The molecule has 1 aliphatic heterocycles. The molecule has 2 N–H and O–H groups in total. The Kier molecular flexibility index (Phi) is 7.51. The first-order valence-corrected chi connectivity index (χ1v) is 10.9. The molecule has 3 amide bonds. The van der Waals surface area contributed by atoms with E-state index in [1.54, 1.807) is 29.2 Å². The third kappa shape index (κ3) is 5.87. The van der Waals surface area contributed by atoms with Crippen molar-refractivity contribution in [3.05, 3.63) is 53.6 Å². The van der Waals surface area contributed by atoms with E-state index in [2.05, 4.69) is 10.6 Å². The van der Waals surface area contributed by atoms with Gasteiger partial charge in [0.25, 0.3) is 5.91 Å². The normalized spacial score (nSPS) is 15.7. The number of amides is 3. The second kappa shape index (κ2) is 10.3. The highest BCUT2D eigenvalue weighted by molar-refractivity contribution is 6.00. The molecule has 0 unspecified atom stereocenters. The Bertz CT molecular complexity index is 985. The summed E-state index contributed by atoms with van der Waals surface area (Å²) in [6.45, 7) is 8.87. The number of hydrogen-bond acceptors (Lipinski definition) is 4. The van der Waals surface area contributed by atoms with Crippen LogP contribution in [0.5, 0.6) is 5.75 Å². The number of nitrogens with one attached hydrogen (secondary N) is 2. The fourth-order valence-corrected chi connectivity index (χ4v) is 3.53. The number of anilines is 2. The SMILES string of the molecule is Cc1cccc(NC(=O)COc2ccc(N3C[C@H](C(=O)NCC(C)C)CC3=O)cc2)c1C. The smallest absolute Gasteiger partial charge is 0.262 e. The number of carbonyl (C=O) groups is 3. The van der Waals surface area contributed by atoms with Gasteiger partial charge in [0.15, 0.2) is 6.61 Å². The van der Waals surface area contributed by atoms with E-state index in [4.69, 9.17) is 4.74 Å². The summed E-state index contributed by atoms with van der Waals surface area (Å²) >= 11 is 0. The Hall–Kier alpha value is -3.35. The number of rotatable bonds is 8. The summed E-state index contributed by atoms with van der Waals surface area (Å²) in [7, 11) is 0. The molecule has 7 nitrogen and oxygen atoms in total. The lowest BCUT2D eigenvalue weighted by Gasteiger charge is -2.17. The molecule has 0 aromatic heterocycles. The van der Waals surface area contributed by atoms with Crippen LogP contribution in [-0.2, 0) is 14.4 Å². The molecule has 2 aromatic rings. The fraction of sp³-hybridized carbons (Fsp3) is 0.400. The zero-order valence-corrected chi connectivity index (χ0v) is 19.1. The molecule has 1 atom stereocenters. The second-order valence-electron chi connectivity index (χ2n) is 8.62. The van der Waals surface area contributed by atoms with Gasteiger partial charge in [-0.05, 0) is 61.2 Å². The molecule has 1 saturated heterocycles. The van der Waals surface area contributed by atoms with E-state index in [0.29, 0.717) is 30.4 Å². The van der Waals surface area contributed by atoms with Crippen LogP contribution in [0.4, 0.5) is 11.4 Å². The molecule has 0 spiro atoms. The molecule has 32 heavy (non-hydrogen) atoms. The summed E-state index contributed by atoms with van der Waals surface area (Å²) in [5.41, 5.74) is 3.61. The maximum Gasteiger partial charge on any atom is 0.262 e. The summed E-state index contributed by atoms with van der Waals surface area (Å²) in [6.07, 6.45) is 0.209. The van der Waals surface area contributed by atoms with Crippen LogP contribution in [0, 0.1) is 25.7 Å². The Morgan fingerprint density at radius 1 is 1.12 bits per heavy atom. The topological polar surface area (TPSA) is 87.7 Å². The number of hydrogen-bond donors (Lipinski definition) is 2. The van der Waals surface area contributed by atoms with E-state index in [-0.39, 0.29) is 36.7 Å². The molecule has 1 heterocycles. The number of ether oxygens (including phenoxy) is 1. The molecule has 1 aliphatic rings. The summed E-state index contributed by atoms with van der Waals surface area (Å²) in [4.78, 5) is 38.6. The Labute approximate surface area is 189 Å². The minimum absolute atomic E-state index is 0.0729. The van der Waals surface area contributed by atoms with Gasteiger partial charge in [-0.1, -0.05) is 26.0 Å². The molecule has 0 saturated carbocycles. The van der Waals surface area contributed by atoms with E-state index in [0.717, 1.165) is 16.8 Å². The molecular formula is C25H31N3O4. The van der Waals surface area contributed by atoms with Crippen molar-refractivity contribution in [3.63, 3.8) is 0 Å². The van der Waals surface area contributed by atoms with Crippen LogP contribution in [-0.4, -0.2) is 37.4 Å². The number of benzene rings is 2. The molecule has 170 valence electrons. The first-order valence-electron chi connectivity index (χ1n) is 10.9. The predicted molar refractivity (Wildman–Crippen MR) is 125 cm³/mol. The van der Waals surface area contributed by atoms with Gasteiger partial charge in [-0.25, -0.2) is 0 Å². The summed E-state index contributed by atoms with van der Waals surface area (Å²) < 4.78 is 5.59. The van der Waals surface area contributed by atoms with E-state index < -0.39 is 0 Å². The van der Waals surface area contributed by atoms with Crippen molar-refractivity contribution < 1.29 is 19.1 Å². The number of carbonyl (C=O) groups excluding carboxylic acids is 3. The third-order valence-corrected chi connectivity index (χ3v) is 5.58. The van der Waals surface area contributed by atoms with Crippen LogP contribution in [0.3, 0.4) is 0 Å². The highest BCUT2D eigenvalue weighted by Crippen LogP contribution is 2.27. The van der Waals surface area contributed by atoms with Crippen LogP contribution in [0.15, 0.2) is 42.5 Å². The third-order valence-electron chi connectivity index (χ3n) is 5.58. The number of nitrogens with zero attached hydrogens (tertiary/aromatic N) is 1. The summed E-state index contributed by atoms with van der Waals surface area (Å²) in [5, 5.41) is 5.76. The molecule has 2 aromatic carbocycles. The van der Waals surface area contributed by atoms with Gasteiger partial charge in [-0.2, -0.15) is 0 Å². The van der Waals surface area contributed by atoms with Crippen LogP contribution < -0.4 is 20.3 Å². The van der Waals surface area contributed by atoms with Crippen molar-refractivity contribution in [1.29, 1.82) is 0 Å². The lowest BCUT2D eigenvalue weighted by molar-refractivity contribution is -0.126. The summed E-state index contributed by atoms with van der Waals surface area (Å²) in [5.74, 6) is 0.157. The van der Waals surface area contributed by atoms with Crippen molar-refractivity contribution in [2.24, 2.45) is 11.8 Å². The maximum absolute atomic E-state index is 12.4. The largest absolute Gasteiger partial charge is 0.484 e. The zero-order chi connectivity index (χ0) is 23.3. The van der Waals surface area contributed by atoms with Crippen LogP contribution >= 0.6 is 0 Å². The average Bonchev–Trinajstić information content (AvgIpc) is 3.16. The van der Waals surface area contributed by atoms with Gasteiger partial charge in [0.1, 0.15) is 5.75 Å². The standard InChI is InChI=1S/C25H31N3O4/c1-16(2)13-26-25(31)19-12-24(30)28(14-19)20-8-10-21(11-9-20)32-15-23(29)27-22-7-5-6-17(3)18(22)4/h5-11,16,19H,12-15H2,1-4H3,(H,26,31)(H,27,29)/t19-/m1/s1. The molecule has 1 fully saturated rings. The Balaban J connectivity index is 1.52. The molecule has 0 radical (unpaired) electrons. The van der Waals surface area contributed by atoms with Gasteiger partial charge in [0.2, 0.25) is 11.8 Å². The zero-order valence-electron chi connectivity index (χ0n) is 19.1. The highest BCUT2D eigenvalue weighted by Gasteiger charge is 2.35. The Morgan fingerprint density at radius 3 is 2.53 bits per heavy atom. The van der Waals surface area contributed by atoms with Gasteiger partial charge in [0, 0.05) is 30.9 Å². The molecular weight excluding hydrogens is 406 g/mol. The van der Waals surface area contributed by atoms with Crippen LogP contribution in [0.25, 0.3) is 0 Å². The van der Waals surface area contributed by atoms with Crippen LogP contribution in [0.1, 0.15) is 31.4 Å². The summed E-state index contributed by atoms with van der Waals surface area (Å²) in [6, 6.07) is 12.7. The lowest BCUT2D eigenvalue weighted by Crippen LogP contribution is -2.35. The van der Waals surface area contributed by atoms with E-state index in [1.165, 1.54) is 0 Å². The predicted octanol–water partition coefficient (Wildman–Crippen LogP) is 3.45. The van der Waals surface area contributed by atoms with E-state index in [1.807, 2.05) is 45.9 Å². The molecule has 3 rings (SSSR count). The lowest BCUT2D eigenvalue weighted by atomic mass is 10.1. The minimum atomic E-state index is -0.342. The quantitative estimate of drug-likeness (QED) is 0.662. The van der Waals surface area contributed by atoms with E-state index >= 15 is 0 Å². The first kappa shape index (κ1) is 23.3. The van der Waals surface area contributed by atoms with Gasteiger partial charge in [-0.3, -0.25) is 14.4 Å². The highest BCUT2D eigenvalue weighted by atomic mass is 16.5. The molecule has 7 heteroatoms. The second-order valence-corrected chi connectivity index (χ2v) is 8.62. The van der Waals surface area contributed by atoms with Gasteiger partial charge in [0.05, 0.1) is 5.92 Å². The molecule has 0 aliphatic carbocycles. The Morgan fingerprint density at radius 2 is 1.84 bits per heavy atom. The van der Waals surface area contributed by atoms with Crippen molar-refractivity contribution >= 4 is 29.1 Å². The van der Waals surface area contributed by atoms with Crippen molar-refractivity contribution in [2.45, 2.75) is 34.1 Å². The van der Waals surface area contributed by atoms with Crippen molar-refractivity contribution in [1.82, 2.24) is 5.32 Å².